The molecule has 0 rings (SSSR count). The van der Waals surface area contributed by atoms with Crippen LogP contribution in [-0.2, 0) is 4.79 Å². The first kappa shape index (κ1) is 14.7. The van der Waals surface area contributed by atoms with Crippen LogP contribution in [0.15, 0.2) is 12.7 Å². The third-order valence-electron chi connectivity index (χ3n) is 1.66. The van der Waals surface area contributed by atoms with E-state index < -0.39 is 5.97 Å². The van der Waals surface area contributed by atoms with Crippen LogP contribution in [0.4, 0.5) is 0 Å². The topological polar surface area (TPSA) is 37.3 Å². The first-order chi connectivity index (χ1) is 6.09. The number of carboxylic acid groups (broad SMARTS) is 1. The number of carboxylic acids is 1. The van der Waals surface area contributed by atoms with Gasteiger partial charge in [-0.15, -0.1) is 6.58 Å². The van der Waals surface area contributed by atoms with E-state index in [-0.39, 0.29) is 5.92 Å². The minimum Gasteiger partial charge on any atom is -0.481 e. The highest BCUT2D eigenvalue weighted by Crippen LogP contribution is 2.08. The van der Waals surface area contributed by atoms with Gasteiger partial charge in [0.1, 0.15) is 0 Å². The molecule has 0 spiro atoms. The zero-order valence-corrected chi connectivity index (χ0v) is 9.05. The minimum absolute atomic E-state index is 0.161. The van der Waals surface area contributed by atoms with Gasteiger partial charge in [0.25, 0.3) is 0 Å². The van der Waals surface area contributed by atoms with Gasteiger partial charge in [0.15, 0.2) is 0 Å². The maximum atomic E-state index is 10.3. The number of carbonyl (C=O) groups is 1. The molecular weight excluding hydrogens is 164 g/mol. The van der Waals surface area contributed by atoms with Crippen molar-refractivity contribution in [3.8, 4) is 0 Å². The van der Waals surface area contributed by atoms with Crippen LogP contribution in [0.2, 0.25) is 0 Å². The van der Waals surface area contributed by atoms with Gasteiger partial charge in [0.2, 0.25) is 0 Å². The van der Waals surface area contributed by atoms with Gasteiger partial charge in [-0.1, -0.05) is 39.2 Å². The Kier molecular flexibility index (Phi) is 12.7. The third kappa shape index (κ3) is 14.1. The van der Waals surface area contributed by atoms with Crippen molar-refractivity contribution in [2.45, 2.75) is 46.5 Å². The Morgan fingerprint density at radius 3 is 2.31 bits per heavy atom. The van der Waals surface area contributed by atoms with Gasteiger partial charge in [0, 0.05) is 0 Å². The number of aliphatic carboxylic acids is 1. The highest BCUT2D eigenvalue weighted by Gasteiger charge is 2.08. The van der Waals surface area contributed by atoms with E-state index in [1.807, 2.05) is 6.92 Å². The van der Waals surface area contributed by atoms with Gasteiger partial charge in [0.05, 0.1) is 5.92 Å². The van der Waals surface area contributed by atoms with Crippen molar-refractivity contribution < 1.29 is 9.90 Å². The molecule has 0 aliphatic carbocycles. The molecule has 0 aromatic carbocycles. The van der Waals surface area contributed by atoms with E-state index in [1.165, 1.54) is 0 Å². The molecular formula is C11H22O2. The monoisotopic (exact) mass is 186 g/mol. The van der Waals surface area contributed by atoms with Crippen molar-refractivity contribution in [3.63, 3.8) is 0 Å². The van der Waals surface area contributed by atoms with E-state index >= 15 is 0 Å². The molecule has 1 N–H and O–H groups in total. The standard InChI is InChI=1S/C8H16O2.C3H6/c1-3-4-5-6-7(2)8(9)10;1-3-2/h7H,3-6H2,1-2H3,(H,9,10);3H,1H2,2H3. The lowest BCUT2D eigenvalue weighted by molar-refractivity contribution is -0.141. The molecule has 78 valence electrons. The maximum absolute atomic E-state index is 10.3. The van der Waals surface area contributed by atoms with Gasteiger partial charge >= 0.3 is 5.97 Å². The second-order valence-electron chi connectivity index (χ2n) is 3.14. The number of unbranched alkanes of at least 4 members (excludes halogenated alkanes) is 2. The Labute approximate surface area is 81.7 Å². The van der Waals surface area contributed by atoms with Crippen molar-refractivity contribution in [2.75, 3.05) is 0 Å². The number of hydrogen-bond donors (Lipinski definition) is 1. The molecule has 1 atom stereocenters. The van der Waals surface area contributed by atoms with E-state index in [4.69, 9.17) is 5.11 Å². The van der Waals surface area contributed by atoms with E-state index in [1.54, 1.807) is 13.0 Å². The van der Waals surface area contributed by atoms with Gasteiger partial charge in [-0.25, -0.2) is 0 Å². The molecule has 0 aromatic rings. The fourth-order valence-electron chi connectivity index (χ4n) is 0.824. The summed E-state index contributed by atoms with van der Waals surface area (Å²) in [6.07, 6.45) is 5.93. The van der Waals surface area contributed by atoms with Crippen LogP contribution in [0.25, 0.3) is 0 Å². The minimum atomic E-state index is -0.670. The Bertz CT molecular complexity index is 130. The normalized spacial score (nSPS) is 11.0. The molecule has 0 aliphatic rings. The van der Waals surface area contributed by atoms with Crippen molar-refractivity contribution in [1.29, 1.82) is 0 Å². The van der Waals surface area contributed by atoms with E-state index in [2.05, 4.69) is 13.5 Å². The summed E-state index contributed by atoms with van der Waals surface area (Å²) < 4.78 is 0. The Morgan fingerprint density at radius 1 is 1.54 bits per heavy atom. The summed E-state index contributed by atoms with van der Waals surface area (Å²) >= 11 is 0. The summed E-state index contributed by atoms with van der Waals surface area (Å²) in [6, 6.07) is 0. The fraction of sp³-hybridized carbons (Fsp3) is 0.727. The van der Waals surface area contributed by atoms with Gasteiger partial charge in [-0.3, -0.25) is 4.79 Å². The molecule has 0 bridgehead atoms. The van der Waals surface area contributed by atoms with Crippen molar-refractivity contribution in [1.82, 2.24) is 0 Å². The lowest BCUT2D eigenvalue weighted by Crippen LogP contribution is -2.08. The van der Waals surface area contributed by atoms with Crippen LogP contribution in [-0.4, -0.2) is 11.1 Å². The van der Waals surface area contributed by atoms with E-state index in [0.717, 1.165) is 25.7 Å². The first-order valence-electron chi connectivity index (χ1n) is 4.89. The predicted octanol–water partition coefficient (Wildman–Crippen LogP) is 3.48. The van der Waals surface area contributed by atoms with Gasteiger partial charge < -0.3 is 5.11 Å². The smallest absolute Gasteiger partial charge is 0.306 e. The average molecular weight is 186 g/mol. The summed E-state index contributed by atoms with van der Waals surface area (Å²) in [4.78, 5) is 10.3. The molecule has 0 fully saturated rings. The van der Waals surface area contributed by atoms with Crippen LogP contribution in [0.5, 0.6) is 0 Å². The summed E-state index contributed by atoms with van der Waals surface area (Å²) in [5, 5.41) is 8.48. The molecule has 13 heavy (non-hydrogen) atoms. The largest absolute Gasteiger partial charge is 0.481 e. The van der Waals surface area contributed by atoms with Crippen LogP contribution in [0, 0.1) is 5.92 Å². The lowest BCUT2D eigenvalue weighted by atomic mass is 10.0. The SMILES string of the molecule is C=CC.CCCCCC(C)C(=O)O. The third-order valence-corrected chi connectivity index (χ3v) is 1.66. The molecule has 2 heteroatoms. The van der Waals surface area contributed by atoms with Crippen LogP contribution < -0.4 is 0 Å². The van der Waals surface area contributed by atoms with Crippen LogP contribution in [0.1, 0.15) is 46.5 Å². The van der Waals surface area contributed by atoms with E-state index in [9.17, 15) is 4.79 Å². The molecule has 0 amide bonds. The quantitative estimate of drug-likeness (QED) is 0.527. The summed E-state index contributed by atoms with van der Waals surface area (Å²) in [5.74, 6) is -0.831. The second kappa shape index (κ2) is 11.2. The van der Waals surface area contributed by atoms with Crippen molar-refractivity contribution in [2.24, 2.45) is 5.92 Å². The van der Waals surface area contributed by atoms with Crippen molar-refractivity contribution in [3.05, 3.63) is 12.7 Å². The highest BCUT2D eigenvalue weighted by molar-refractivity contribution is 5.69. The zero-order chi connectivity index (χ0) is 10.7. The average Bonchev–Trinajstić information content (AvgIpc) is 2.06. The van der Waals surface area contributed by atoms with Crippen LogP contribution in [0.3, 0.4) is 0 Å². The second-order valence-corrected chi connectivity index (χ2v) is 3.14. The molecule has 0 aromatic heterocycles. The number of hydrogen-bond acceptors (Lipinski definition) is 1. The molecule has 0 radical (unpaired) electrons. The molecule has 0 saturated heterocycles. The summed E-state index contributed by atoms with van der Waals surface area (Å²) in [5.41, 5.74) is 0. The Balaban J connectivity index is 0. The van der Waals surface area contributed by atoms with E-state index in [0.29, 0.717) is 0 Å². The predicted molar refractivity (Wildman–Crippen MR) is 56.8 cm³/mol. The van der Waals surface area contributed by atoms with Crippen LogP contribution >= 0.6 is 0 Å². The molecule has 2 nitrogen and oxygen atoms in total. The molecule has 1 unspecified atom stereocenters. The summed E-state index contributed by atoms with van der Waals surface area (Å²) in [6.45, 7) is 9.13. The fourth-order valence-corrected chi connectivity index (χ4v) is 0.824. The number of allylic oxidation sites excluding steroid dienone is 1. The summed E-state index contributed by atoms with van der Waals surface area (Å²) in [7, 11) is 0. The number of rotatable bonds is 5. The van der Waals surface area contributed by atoms with Crippen molar-refractivity contribution >= 4 is 5.97 Å². The Morgan fingerprint density at radius 2 is 2.00 bits per heavy atom. The highest BCUT2D eigenvalue weighted by atomic mass is 16.4. The molecule has 0 aliphatic heterocycles. The molecule has 0 saturated carbocycles. The Hall–Kier alpha value is -0.790. The maximum Gasteiger partial charge on any atom is 0.306 e. The molecule has 0 heterocycles. The lowest BCUT2D eigenvalue weighted by Gasteiger charge is -2.03. The first-order valence-corrected chi connectivity index (χ1v) is 4.89. The zero-order valence-electron chi connectivity index (χ0n) is 9.05. The van der Waals surface area contributed by atoms with Gasteiger partial charge in [-0.05, 0) is 13.3 Å². The van der Waals surface area contributed by atoms with Gasteiger partial charge in [-0.2, -0.15) is 0 Å².